The lowest BCUT2D eigenvalue weighted by atomic mass is 9.95. The van der Waals surface area contributed by atoms with Crippen molar-refractivity contribution in [3.05, 3.63) is 35.4 Å². The molecule has 0 aromatic heterocycles. The normalized spacial score (nSPS) is 15.1. The fraction of sp³-hybridized carbons (Fsp3) is 0.600. The van der Waals surface area contributed by atoms with Gasteiger partial charge in [-0.05, 0) is 25.3 Å². The Morgan fingerprint density at radius 2 is 1.44 bits per heavy atom. The summed E-state index contributed by atoms with van der Waals surface area (Å²) in [5.74, 6) is 0. The molecule has 1 aliphatic carbocycles. The molecule has 1 nitrogen and oxygen atoms in total. The first-order valence-corrected chi connectivity index (χ1v) is 6.54. The Labute approximate surface area is 101 Å². The number of nitrogens with two attached hydrogens (primary N) is 1. The lowest BCUT2D eigenvalue weighted by Gasteiger charge is -2.12. The smallest absolute Gasteiger partial charge is 0.00762 e. The average Bonchev–Trinajstić information content (AvgIpc) is 3.16. The van der Waals surface area contributed by atoms with Gasteiger partial charge in [0.2, 0.25) is 0 Å². The lowest BCUT2D eigenvalue weighted by Crippen LogP contribution is -2.19. The Bertz CT molecular complexity index is 270. The minimum Gasteiger partial charge on any atom is -0.330 e. The van der Waals surface area contributed by atoms with Crippen LogP contribution in [0.2, 0.25) is 0 Å². The van der Waals surface area contributed by atoms with E-state index in [0.717, 1.165) is 6.54 Å². The van der Waals surface area contributed by atoms with Crippen molar-refractivity contribution in [1.29, 1.82) is 0 Å². The Morgan fingerprint density at radius 1 is 1.00 bits per heavy atom. The van der Waals surface area contributed by atoms with E-state index in [9.17, 15) is 0 Å². The Morgan fingerprint density at radius 3 is 1.75 bits per heavy atom. The molecule has 16 heavy (non-hydrogen) atoms. The van der Waals surface area contributed by atoms with Crippen molar-refractivity contribution in [2.75, 3.05) is 6.54 Å². The van der Waals surface area contributed by atoms with E-state index in [1.807, 2.05) is 27.7 Å². The first-order chi connectivity index (χ1) is 7.77. The third-order valence-electron chi connectivity index (χ3n) is 2.91. The van der Waals surface area contributed by atoms with Crippen LogP contribution in [0.5, 0.6) is 0 Å². The maximum absolute atomic E-state index is 5.74. The van der Waals surface area contributed by atoms with E-state index in [1.165, 1.54) is 24.0 Å². The molecule has 1 saturated carbocycles. The highest BCUT2D eigenvalue weighted by Gasteiger charge is 2.42. The molecule has 1 fully saturated rings. The van der Waals surface area contributed by atoms with E-state index in [-0.39, 0.29) is 0 Å². The largest absolute Gasteiger partial charge is 0.330 e. The molecule has 0 unspecified atom stereocenters. The van der Waals surface area contributed by atoms with Crippen molar-refractivity contribution in [3.8, 4) is 0 Å². The number of hydrogen-bond acceptors (Lipinski definition) is 1. The fourth-order valence-corrected chi connectivity index (χ4v) is 1.67. The molecule has 1 aromatic rings. The summed E-state index contributed by atoms with van der Waals surface area (Å²) in [6.45, 7) is 10.9. The van der Waals surface area contributed by atoms with E-state index in [0.29, 0.717) is 5.41 Å². The zero-order valence-electron chi connectivity index (χ0n) is 11.5. The molecule has 0 bridgehead atoms. The summed E-state index contributed by atoms with van der Waals surface area (Å²) in [5, 5.41) is 0. The molecule has 1 aromatic carbocycles. The molecule has 0 saturated heterocycles. The average molecular weight is 221 g/mol. The Kier molecular flexibility index (Phi) is 7.07. The number of rotatable bonds is 2. The molecule has 0 atom stereocenters. The van der Waals surface area contributed by atoms with Crippen LogP contribution >= 0.6 is 0 Å². The summed E-state index contributed by atoms with van der Waals surface area (Å²) in [6, 6.07) is 8.78. The molecule has 1 aliphatic rings. The topological polar surface area (TPSA) is 26.0 Å². The highest BCUT2D eigenvalue weighted by Crippen LogP contribution is 2.46. The van der Waals surface area contributed by atoms with E-state index in [4.69, 9.17) is 5.73 Å². The van der Waals surface area contributed by atoms with Gasteiger partial charge in [0.1, 0.15) is 0 Å². The molecule has 1 heteroatoms. The van der Waals surface area contributed by atoms with Gasteiger partial charge in [-0.15, -0.1) is 0 Å². The quantitative estimate of drug-likeness (QED) is 0.801. The second kappa shape index (κ2) is 7.45. The summed E-state index contributed by atoms with van der Waals surface area (Å²) in [7, 11) is 0. The van der Waals surface area contributed by atoms with Gasteiger partial charge in [0.15, 0.2) is 0 Å². The zero-order valence-corrected chi connectivity index (χ0v) is 11.5. The van der Waals surface area contributed by atoms with Gasteiger partial charge < -0.3 is 5.73 Å². The predicted molar refractivity (Wildman–Crippen MR) is 73.8 cm³/mol. The Hall–Kier alpha value is -0.820. The van der Waals surface area contributed by atoms with Crippen LogP contribution in [0.15, 0.2) is 24.3 Å². The third kappa shape index (κ3) is 3.64. The van der Waals surface area contributed by atoms with Crippen LogP contribution in [0.25, 0.3) is 0 Å². The van der Waals surface area contributed by atoms with Gasteiger partial charge in [0, 0.05) is 12.0 Å². The minimum atomic E-state index is 0.355. The fourth-order valence-electron chi connectivity index (χ4n) is 1.67. The van der Waals surface area contributed by atoms with E-state index >= 15 is 0 Å². The van der Waals surface area contributed by atoms with Gasteiger partial charge in [-0.25, -0.2) is 0 Å². The minimum absolute atomic E-state index is 0.355. The molecule has 2 rings (SSSR count). The molecule has 0 aliphatic heterocycles. The summed E-state index contributed by atoms with van der Waals surface area (Å²) in [4.78, 5) is 0. The van der Waals surface area contributed by atoms with Crippen LogP contribution in [0.1, 0.15) is 51.7 Å². The van der Waals surface area contributed by atoms with E-state index in [2.05, 4.69) is 31.2 Å². The van der Waals surface area contributed by atoms with Crippen molar-refractivity contribution < 1.29 is 0 Å². The summed E-state index contributed by atoms with van der Waals surface area (Å²) < 4.78 is 0. The molecular formula is C15H27N. The van der Waals surface area contributed by atoms with Crippen LogP contribution in [0, 0.1) is 6.92 Å². The zero-order chi connectivity index (χ0) is 12.6. The van der Waals surface area contributed by atoms with E-state index < -0.39 is 0 Å². The van der Waals surface area contributed by atoms with E-state index in [1.54, 1.807) is 0 Å². The maximum atomic E-state index is 5.74. The van der Waals surface area contributed by atoms with Gasteiger partial charge in [-0.2, -0.15) is 0 Å². The van der Waals surface area contributed by atoms with Crippen molar-refractivity contribution >= 4 is 0 Å². The van der Waals surface area contributed by atoms with Crippen LogP contribution in [0.4, 0.5) is 0 Å². The molecule has 0 radical (unpaired) electrons. The molecule has 0 heterocycles. The molecule has 0 amide bonds. The van der Waals surface area contributed by atoms with Crippen LogP contribution in [-0.4, -0.2) is 6.54 Å². The highest BCUT2D eigenvalue weighted by molar-refractivity contribution is 5.33. The van der Waals surface area contributed by atoms with Gasteiger partial charge in [-0.3, -0.25) is 0 Å². The second-order valence-electron chi connectivity index (χ2n) is 3.85. The maximum Gasteiger partial charge on any atom is 0.00762 e. The first kappa shape index (κ1) is 15.2. The first-order valence-electron chi connectivity index (χ1n) is 6.54. The summed E-state index contributed by atoms with van der Waals surface area (Å²) >= 11 is 0. The van der Waals surface area contributed by atoms with Crippen LogP contribution in [0.3, 0.4) is 0 Å². The Balaban J connectivity index is 0.000000509. The number of aryl methyl sites for hydroxylation is 1. The van der Waals surface area contributed by atoms with Gasteiger partial charge >= 0.3 is 0 Å². The van der Waals surface area contributed by atoms with Crippen LogP contribution in [-0.2, 0) is 5.41 Å². The summed E-state index contributed by atoms with van der Waals surface area (Å²) in [5.41, 5.74) is 8.85. The molecular weight excluding hydrogens is 194 g/mol. The van der Waals surface area contributed by atoms with Crippen molar-refractivity contribution in [2.45, 2.75) is 52.9 Å². The van der Waals surface area contributed by atoms with Crippen molar-refractivity contribution in [1.82, 2.24) is 0 Å². The van der Waals surface area contributed by atoms with Crippen molar-refractivity contribution in [2.24, 2.45) is 5.73 Å². The highest BCUT2D eigenvalue weighted by atomic mass is 14.7. The number of hydrogen-bond donors (Lipinski definition) is 1. The van der Waals surface area contributed by atoms with Gasteiger partial charge in [0.25, 0.3) is 0 Å². The summed E-state index contributed by atoms with van der Waals surface area (Å²) in [6.07, 6.45) is 2.54. The van der Waals surface area contributed by atoms with Gasteiger partial charge in [-0.1, -0.05) is 57.5 Å². The monoisotopic (exact) mass is 221 g/mol. The lowest BCUT2D eigenvalue weighted by molar-refractivity contribution is 0.704. The third-order valence-corrected chi connectivity index (χ3v) is 2.91. The second-order valence-corrected chi connectivity index (χ2v) is 3.85. The SMILES string of the molecule is CC.CC.Cc1ccc(C2(CN)CC2)cc1. The molecule has 2 N–H and O–H groups in total. The standard InChI is InChI=1S/C11H15N.2C2H6/c1-9-2-4-10(5-3-9)11(8-12)6-7-11;2*1-2/h2-5H,6-8,12H2,1H3;2*1-2H3. The van der Waals surface area contributed by atoms with Crippen molar-refractivity contribution in [3.63, 3.8) is 0 Å². The molecule has 0 spiro atoms. The molecule has 92 valence electrons. The van der Waals surface area contributed by atoms with Gasteiger partial charge in [0.05, 0.1) is 0 Å². The number of benzene rings is 1. The van der Waals surface area contributed by atoms with Crippen LogP contribution < -0.4 is 5.73 Å². The predicted octanol–water partition coefficient (Wildman–Crippen LogP) is 4.04.